The lowest BCUT2D eigenvalue weighted by molar-refractivity contribution is 0.476. The summed E-state index contributed by atoms with van der Waals surface area (Å²) in [6.07, 6.45) is 0. The topological polar surface area (TPSA) is 20.2 Å². The van der Waals surface area contributed by atoms with Crippen LogP contribution in [0.1, 0.15) is 5.56 Å². The van der Waals surface area contributed by atoms with Gasteiger partial charge in [-0.15, -0.1) is 11.3 Å². The number of aromatic hydroxyl groups is 1. The van der Waals surface area contributed by atoms with Gasteiger partial charge in [-0.3, -0.25) is 0 Å². The first-order valence-electron chi connectivity index (χ1n) is 4.96. The van der Waals surface area contributed by atoms with Crippen LogP contribution in [-0.4, -0.2) is 5.11 Å². The fourth-order valence-electron chi connectivity index (χ4n) is 1.89. The molecule has 0 aliphatic carbocycles. The summed E-state index contributed by atoms with van der Waals surface area (Å²) in [6.45, 7) is 2.09. The standard InChI is InChI=1S/C13H9BrOS/c1-7-4-10-9-3-2-8(15)5-12(9)16-13(10)6-11(7)14/h2-6,15H,1H3. The molecule has 0 radical (unpaired) electrons. The molecule has 0 spiro atoms. The Bertz CT molecular complexity index is 700. The number of hydrogen-bond donors (Lipinski definition) is 1. The van der Waals surface area contributed by atoms with Crippen molar-refractivity contribution in [3.8, 4) is 5.75 Å². The van der Waals surface area contributed by atoms with E-state index < -0.39 is 0 Å². The van der Waals surface area contributed by atoms with E-state index in [1.165, 1.54) is 21.0 Å². The average molecular weight is 293 g/mol. The second-order valence-corrected chi connectivity index (χ2v) is 5.82. The molecular formula is C13H9BrOS. The summed E-state index contributed by atoms with van der Waals surface area (Å²) in [5.41, 5.74) is 1.24. The lowest BCUT2D eigenvalue weighted by Crippen LogP contribution is -1.74. The molecule has 0 unspecified atom stereocenters. The minimum absolute atomic E-state index is 0.329. The molecular weight excluding hydrogens is 284 g/mol. The van der Waals surface area contributed by atoms with E-state index in [2.05, 4.69) is 35.0 Å². The number of rotatable bonds is 0. The molecule has 1 heterocycles. The van der Waals surface area contributed by atoms with E-state index >= 15 is 0 Å². The van der Waals surface area contributed by atoms with Crippen molar-refractivity contribution in [3.63, 3.8) is 0 Å². The quantitative estimate of drug-likeness (QED) is 0.629. The Labute approximate surface area is 105 Å². The predicted molar refractivity (Wildman–Crippen MR) is 73.4 cm³/mol. The fraction of sp³-hybridized carbons (Fsp3) is 0.0769. The van der Waals surface area contributed by atoms with Crippen LogP contribution in [0, 0.1) is 6.92 Å². The number of phenols is 1. The number of phenolic OH excluding ortho intramolecular Hbond substituents is 1. The fourth-order valence-corrected chi connectivity index (χ4v) is 3.55. The van der Waals surface area contributed by atoms with Crippen molar-refractivity contribution in [2.24, 2.45) is 0 Å². The molecule has 0 bridgehead atoms. The van der Waals surface area contributed by atoms with Crippen molar-refractivity contribution in [1.82, 2.24) is 0 Å². The first-order valence-corrected chi connectivity index (χ1v) is 6.57. The third kappa shape index (κ3) is 1.43. The van der Waals surface area contributed by atoms with Crippen LogP contribution in [0.3, 0.4) is 0 Å². The SMILES string of the molecule is Cc1cc2c(cc1Br)sc1cc(O)ccc12. The molecule has 0 saturated carbocycles. The second kappa shape index (κ2) is 3.47. The highest BCUT2D eigenvalue weighted by Gasteiger charge is 2.07. The molecule has 0 aliphatic rings. The summed E-state index contributed by atoms with van der Waals surface area (Å²) < 4.78 is 3.52. The van der Waals surface area contributed by atoms with Crippen LogP contribution >= 0.6 is 27.3 Å². The number of benzene rings is 2. The Balaban J connectivity index is 2.51. The maximum absolute atomic E-state index is 9.46. The molecule has 80 valence electrons. The highest BCUT2D eigenvalue weighted by molar-refractivity contribution is 9.10. The molecule has 1 N–H and O–H groups in total. The van der Waals surface area contributed by atoms with Crippen molar-refractivity contribution in [2.75, 3.05) is 0 Å². The van der Waals surface area contributed by atoms with Gasteiger partial charge >= 0.3 is 0 Å². The highest BCUT2D eigenvalue weighted by atomic mass is 79.9. The van der Waals surface area contributed by atoms with Crippen LogP contribution in [-0.2, 0) is 0 Å². The van der Waals surface area contributed by atoms with Crippen molar-refractivity contribution < 1.29 is 5.11 Å². The van der Waals surface area contributed by atoms with Crippen molar-refractivity contribution >= 4 is 47.4 Å². The monoisotopic (exact) mass is 292 g/mol. The van der Waals surface area contributed by atoms with Gasteiger partial charge in [0.2, 0.25) is 0 Å². The first-order chi connectivity index (χ1) is 7.65. The van der Waals surface area contributed by atoms with Gasteiger partial charge in [-0.05, 0) is 42.8 Å². The van der Waals surface area contributed by atoms with E-state index in [9.17, 15) is 5.11 Å². The normalized spacial score (nSPS) is 11.4. The molecule has 2 aromatic carbocycles. The summed E-state index contributed by atoms with van der Waals surface area (Å²) in [5.74, 6) is 0.329. The van der Waals surface area contributed by atoms with Gasteiger partial charge in [0.25, 0.3) is 0 Å². The van der Waals surface area contributed by atoms with E-state index in [0.717, 1.165) is 9.17 Å². The van der Waals surface area contributed by atoms with Crippen LogP contribution in [0.5, 0.6) is 5.75 Å². The van der Waals surface area contributed by atoms with E-state index in [-0.39, 0.29) is 0 Å². The maximum Gasteiger partial charge on any atom is 0.117 e. The molecule has 3 heteroatoms. The van der Waals surface area contributed by atoms with E-state index in [1.807, 2.05) is 12.1 Å². The van der Waals surface area contributed by atoms with Gasteiger partial charge in [0, 0.05) is 24.6 Å². The number of aryl methyl sites for hydroxylation is 1. The molecule has 3 aromatic rings. The zero-order valence-corrected chi connectivity index (χ0v) is 11.0. The molecule has 0 amide bonds. The van der Waals surface area contributed by atoms with E-state index in [4.69, 9.17) is 0 Å². The van der Waals surface area contributed by atoms with Gasteiger partial charge in [-0.1, -0.05) is 15.9 Å². The first kappa shape index (κ1) is 10.1. The van der Waals surface area contributed by atoms with Crippen LogP contribution < -0.4 is 0 Å². The zero-order valence-electron chi connectivity index (χ0n) is 8.62. The van der Waals surface area contributed by atoms with Gasteiger partial charge in [-0.2, -0.15) is 0 Å². The highest BCUT2D eigenvalue weighted by Crippen LogP contribution is 2.37. The van der Waals surface area contributed by atoms with E-state index in [1.54, 1.807) is 17.4 Å². The van der Waals surface area contributed by atoms with Crippen LogP contribution in [0.15, 0.2) is 34.8 Å². The number of thiophene rings is 1. The minimum atomic E-state index is 0.329. The Kier molecular flexibility index (Phi) is 2.19. The third-order valence-corrected chi connectivity index (χ3v) is 4.71. The molecule has 0 aliphatic heterocycles. The number of fused-ring (bicyclic) bond motifs is 3. The summed E-state index contributed by atoms with van der Waals surface area (Å²) in [5, 5.41) is 11.9. The largest absolute Gasteiger partial charge is 0.508 e. The van der Waals surface area contributed by atoms with Crippen LogP contribution in [0.4, 0.5) is 0 Å². The van der Waals surface area contributed by atoms with E-state index in [0.29, 0.717) is 5.75 Å². The maximum atomic E-state index is 9.46. The van der Waals surface area contributed by atoms with Crippen LogP contribution in [0.25, 0.3) is 20.2 Å². The molecule has 1 aromatic heterocycles. The Hall–Kier alpha value is -1.06. The predicted octanol–water partition coefficient (Wildman–Crippen LogP) is 4.83. The Morgan fingerprint density at radius 3 is 2.62 bits per heavy atom. The summed E-state index contributed by atoms with van der Waals surface area (Å²) in [7, 11) is 0. The smallest absolute Gasteiger partial charge is 0.117 e. The lowest BCUT2D eigenvalue weighted by Gasteiger charge is -1.98. The molecule has 1 nitrogen and oxygen atoms in total. The van der Waals surface area contributed by atoms with Gasteiger partial charge in [0.15, 0.2) is 0 Å². The second-order valence-electron chi connectivity index (χ2n) is 3.88. The van der Waals surface area contributed by atoms with Crippen molar-refractivity contribution in [1.29, 1.82) is 0 Å². The zero-order chi connectivity index (χ0) is 11.3. The van der Waals surface area contributed by atoms with Crippen molar-refractivity contribution in [3.05, 3.63) is 40.4 Å². The summed E-state index contributed by atoms with van der Waals surface area (Å²) >= 11 is 5.25. The molecule has 0 saturated heterocycles. The average Bonchev–Trinajstić information content (AvgIpc) is 2.55. The van der Waals surface area contributed by atoms with Gasteiger partial charge in [0.1, 0.15) is 5.75 Å². The summed E-state index contributed by atoms with van der Waals surface area (Å²) in [4.78, 5) is 0. The van der Waals surface area contributed by atoms with Gasteiger partial charge in [0.05, 0.1) is 0 Å². The van der Waals surface area contributed by atoms with Gasteiger partial charge in [-0.25, -0.2) is 0 Å². The number of halogens is 1. The molecule has 0 fully saturated rings. The van der Waals surface area contributed by atoms with Crippen molar-refractivity contribution in [2.45, 2.75) is 6.92 Å². The lowest BCUT2D eigenvalue weighted by atomic mass is 10.1. The Morgan fingerprint density at radius 1 is 1.06 bits per heavy atom. The Morgan fingerprint density at radius 2 is 1.81 bits per heavy atom. The third-order valence-electron chi connectivity index (χ3n) is 2.74. The molecule has 3 rings (SSSR count). The molecule has 16 heavy (non-hydrogen) atoms. The minimum Gasteiger partial charge on any atom is -0.508 e. The van der Waals surface area contributed by atoms with Crippen LogP contribution in [0.2, 0.25) is 0 Å². The number of hydrogen-bond acceptors (Lipinski definition) is 2. The molecule has 0 atom stereocenters. The summed E-state index contributed by atoms with van der Waals surface area (Å²) in [6, 6.07) is 9.88. The van der Waals surface area contributed by atoms with Gasteiger partial charge < -0.3 is 5.11 Å².